The Kier molecular flexibility index (Phi) is 6.76. The van der Waals surface area contributed by atoms with Crippen LogP contribution in [0.5, 0.6) is 0 Å². The molecule has 72 valence electrons. The topological polar surface area (TPSA) is 46.5 Å². The summed E-state index contributed by atoms with van der Waals surface area (Å²) in [7, 11) is 0. The van der Waals surface area contributed by atoms with E-state index >= 15 is 0 Å². The minimum absolute atomic E-state index is 0.189. The van der Waals surface area contributed by atoms with Gasteiger partial charge in [0.2, 0.25) is 0 Å². The van der Waals surface area contributed by atoms with Crippen LogP contribution in [-0.2, 0) is 9.53 Å². The van der Waals surface area contributed by atoms with Gasteiger partial charge in [-0.05, 0) is 26.2 Å². The number of carbonyl (C=O) groups is 1. The zero-order valence-corrected chi connectivity index (χ0v) is 7.88. The van der Waals surface area contributed by atoms with Gasteiger partial charge in [-0.1, -0.05) is 6.92 Å². The summed E-state index contributed by atoms with van der Waals surface area (Å²) in [5.74, 6) is -0.876. The van der Waals surface area contributed by atoms with E-state index in [9.17, 15) is 4.79 Å². The van der Waals surface area contributed by atoms with E-state index in [1.165, 1.54) is 0 Å². The van der Waals surface area contributed by atoms with Crippen molar-refractivity contribution < 1.29 is 14.6 Å². The molecule has 1 atom stereocenters. The van der Waals surface area contributed by atoms with Crippen molar-refractivity contribution in [3.05, 3.63) is 0 Å². The molecule has 0 aliphatic heterocycles. The first-order chi connectivity index (χ1) is 5.72. The first-order valence-corrected chi connectivity index (χ1v) is 4.52. The highest BCUT2D eigenvalue weighted by Crippen LogP contribution is 2.10. The normalized spacial score (nSPS) is 12.8. The fraction of sp³-hybridized carbons (Fsp3) is 0.889. The van der Waals surface area contributed by atoms with Crippen molar-refractivity contribution in [3.8, 4) is 0 Å². The molecule has 3 nitrogen and oxygen atoms in total. The second-order valence-electron chi connectivity index (χ2n) is 2.78. The third kappa shape index (κ3) is 5.13. The maximum Gasteiger partial charge on any atom is 0.306 e. The molecule has 12 heavy (non-hydrogen) atoms. The highest BCUT2D eigenvalue weighted by atomic mass is 16.5. The zero-order chi connectivity index (χ0) is 9.40. The Morgan fingerprint density at radius 3 is 2.58 bits per heavy atom. The Labute approximate surface area is 73.7 Å². The molecule has 0 radical (unpaired) electrons. The van der Waals surface area contributed by atoms with E-state index in [1.807, 2.05) is 13.8 Å². The summed E-state index contributed by atoms with van der Waals surface area (Å²) in [6.07, 6.45) is 2.28. The van der Waals surface area contributed by atoms with E-state index in [0.29, 0.717) is 19.6 Å². The molecule has 0 aliphatic carbocycles. The van der Waals surface area contributed by atoms with Crippen molar-refractivity contribution >= 4 is 5.97 Å². The minimum Gasteiger partial charge on any atom is -0.481 e. The molecule has 0 amide bonds. The Bertz CT molecular complexity index is 123. The van der Waals surface area contributed by atoms with Crippen molar-refractivity contribution in [2.45, 2.75) is 33.1 Å². The molecule has 0 bridgehead atoms. The molecule has 0 rings (SSSR count). The van der Waals surface area contributed by atoms with Crippen LogP contribution in [0.3, 0.4) is 0 Å². The van der Waals surface area contributed by atoms with Gasteiger partial charge < -0.3 is 9.84 Å². The van der Waals surface area contributed by atoms with Crippen LogP contribution in [-0.4, -0.2) is 24.3 Å². The summed E-state index contributed by atoms with van der Waals surface area (Å²) in [6, 6.07) is 0. The average Bonchev–Trinajstić information content (AvgIpc) is 2.04. The Morgan fingerprint density at radius 1 is 1.50 bits per heavy atom. The summed E-state index contributed by atoms with van der Waals surface area (Å²) in [4.78, 5) is 10.6. The van der Waals surface area contributed by atoms with Gasteiger partial charge in [-0.25, -0.2) is 0 Å². The number of carboxylic acid groups (broad SMARTS) is 1. The highest BCUT2D eigenvalue weighted by Gasteiger charge is 2.13. The summed E-state index contributed by atoms with van der Waals surface area (Å²) < 4.78 is 5.12. The largest absolute Gasteiger partial charge is 0.481 e. The maximum atomic E-state index is 10.6. The molecule has 0 heterocycles. The molecule has 0 aromatic rings. The number of ether oxygens (including phenoxy) is 1. The first-order valence-electron chi connectivity index (χ1n) is 4.52. The molecular weight excluding hydrogens is 156 g/mol. The van der Waals surface area contributed by atoms with Crippen LogP contribution in [0.25, 0.3) is 0 Å². The van der Waals surface area contributed by atoms with Crippen molar-refractivity contribution in [2.24, 2.45) is 5.92 Å². The summed E-state index contributed by atoms with van der Waals surface area (Å²) >= 11 is 0. The Hall–Kier alpha value is -0.570. The van der Waals surface area contributed by atoms with Gasteiger partial charge in [0, 0.05) is 13.2 Å². The zero-order valence-electron chi connectivity index (χ0n) is 7.88. The standard InChI is InChI=1S/C9H18O3/c1-3-8(9(10)11)6-5-7-12-4-2/h8H,3-7H2,1-2H3,(H,10,11). The molecular formula is C9H18O3. The summed E-state index contributed by atoms with van der Waals surface area (Å²) in [5.41, 5.74) is 0. The predicted molar refractivity (Wildman–Crippen MR) is 47.1 cm³/mol. The van der Waals surface area contributed by atoms with Crippen molar-refractivity contribution in [3.63, 3.8) is 0 Å². The number of aliphatic carboxylic acids is 1. The molecule has 3 heteroatoms. The number of rotatable bonds is 7. The quantitative estimate of drug-likeness (QED) is 0.600. The third-order valence-corrected chi connectivity index (χ3v) is 1.89. The van der Waals surface area contributed by atoms with Crippen LogP contribution in [0, 0.1) is 5.92 Å². The van der Waals surface area contributed by atoms with Gasteiger partial charge in [0.05, 0.1) is 5.92 Å². The molecule has 0 fully saturated rings. The van der Waals surface area contributed by atoms with Crippen LogP contribution in [0.4, 0.5) is 0 Å². The van der Waals surface area contributed by atoms with Crippen molar-refractivity contribution in [2.75, 3.05) is 13.2 Å². The lowest BCUT2D eigenvalue weighted by molar-refractivity contribution is -0.142. The first kappa shape index (κ1) is 11.4. The molecule has 0 saturated carbocycles. The van der Waals surface area contributed by atoms with Gasteiger partial charge >= 0.3 is 5.97 Å². The van der Waals surface area contributed by atoms with Crippen LogP contribution < -0.4 is 0 Å². The summed E-state index contributed by atoms with van der Waals surface area (Å²) in [5, 5.41) is 8.69. The number of hydrogen-bond acceptors (Lipinski definition) is 2. The Balaban J connectivity index is 3.38. The van der Waals surface area contributed by atoms with Gasteiger partial charge in [0.25, 0.3) is 0 Å². The molecule has 1 unspecified atom stereocenters. The number of hydrogen-bond donors (Lipinski definition) is 1. The smallest absolute Gasteiger partial charge is 0.306 e. The highest BCUT2D eigenvalue weighted by molar-refractivity contribution is 5.69. The fourth-order valence-corrected chi connectivity index (χ4v) is 1.08. The fourth-order valence-electron chi connectivity index (χ4n) is 1.08. The molecule has 0 aromatic carbocycles. The van der Waals surface area contributed by atoms with Gasteiger partial charge in [-0.3, -0.25) is 4.79 Å². The van der Waals surface area contributed by atoms with Gasteiger partial charge in [0.1, 0.15) is 0 Å². The van der Waals surface area contributed by atoms with Crippen LogP contribution >= 0.6 is 0 Å². The molecule has 1 N–H and O–H groups in total. The number of carboxylic acids is 1. The summed E-state index contributed by atoms with van der Waals surface area (Å²) in [6.45, 7) is 5.23. The maximum absolute atomic E-state index is 10.6. The molecule has 0 aromatic heterocycles. The van der Waals surface area contributed by atoms with Crippen molar-refractivity contribution in [1.82, 2.24) is 0 Å². The van der Waals surface area contributed by atoms with E-state index < -0.39 is 5.97 Å². The van der Waals surface area contributed by atoms with E-state index in [4.69, 9.17) is 9.84 Å². The minimum atomic E-state index is -0.686. The molecule has 0 aliphatic rings. The van der Waals surface area contributed by atoms with Crippen molar-refractivity contribution in [1.29, 1.82) is 0 Å². The van der Waals surface area contributed by atoms with Gasteiger partial charge in [-0.15, -0.1) is 0 Å². The van der Waals surface area contributed by atoms with E-state index in [1.54, 1.807) is 0 Å². The third-order valence-electron chi connectivity index (χ3n) is 1.89. The monoisotopic (exact) mass is 174 g/mol. The SMILES string of the molecule is CCOCCCC(CC)C(=O)O. The lowest BCUT2D eigenvalue weighted by atomic mass is 10.0. The Morgan fingerprint density at radius 2 is 2.17 bits per heavy atom. The van der Waals surface area contributed by atoms with E-state index in [0.717, 1.165) is 12.8 Å². The second-order valence-corrected chi connectivity index (χ2v) is 2.78. The second kappa shape index (κ2) is 7.10. The molecule has 0 saturated heterocycles. The van der Waals surface area contributed by atoms with Crippen LogP contribution in [0.1, 0.15) is 33.1 Å². The lowest BCUT2D eigenvalue weighted by Crippen LogP contribution is -2.13. The predicted octanol–water partition coefficient (Wildman–Crippen LogP) is 1.91. The van der Waals surface area contributed by atoms with Gasteiger partial charge in [-0.2, -0.15) is 0 Å². The molecule has 0 spiro atoms. The van der Waals surface area contributed by atoms with Gasteiger partial charge in [0.15, 0.2) is 0 Å². The average molecular weight is 174 g/mol. The van der Waals surface area contributed by atoms with E-state index in [-0.39, 0.29) is 5.92 Å². The van der Waals surface area contributed by atoms with Crippen LogP contribution in [0.15, 0.2) is 0 Å². The lowest BCUT2D eigenvalue weighted by Gasteiger charge is -2.08. The van der Waals surface area contributed by atoms with E-state index in [2.05, 4.69) is 0 Å². The van der Waals surface area contributed by atoms with Crippen LogP contribution in [0.2, 0.25) is 0 Å².